The molecule has 0 saturated carbocycles. The first-order chi connectivity index (χ1) is 5.72. The van der Waals surface area contributed by atoms with Crippen molar-refractivity contribution in [1.82, 2.24) is 0 Å². The van der Waals surface area contributed by atoms with Gasteiger partial charge in [0.1, 0.15) is 0 Å². The predicted octanol–water partition coefficient (Wildman–Crippen LogP) is 3.58. The van der Waals surface area contributed by atoms with Gasteiger partial charge in [-0.25, -0.2) is 0 Å². The summed E-state index contributed by atoms with van der Waals surface area (Å²) >= 11 is 0. The molecule has 0 N–H and O–H groups in total. The highest BCUT2D eigenvalue weighted by Crippen LogP contribution is 2.12. The maximum absolute atomic E-state index is 2.31. The van der Waals surface area contributed by atoms with Gasteiger partial charge in [0.25, 0.3) is 0 Å². The molecular formula is C12H18. The molecule has 0 heteroatoms. The van der Waals surface area contributed by atoms with Crippen LogP contribution in [0.2, 0.25) is 0 Å². The van der Waals surface area contributed by atoms with Crippen molar-refractivity contribution in [2.24, 2.45) is 5.92 Å². The van der Waals surface area contributed by atoms with Gasteiger partial charge in [0, 0.05) is 0 Å². The van der Waals surface area contributed by atoms with E-state index in [4.69, 9.17) is 0 Å². The third-order valence-electron chi connectivity index (χ3n) is 2.36. The van der Waals surface area contributed by atoms with E-state index >= 15 is 0 Å². The minimum atomic E-state index is 0.812. The largest absolute Gasteiger partial charge is 0.0651 e. The van der Waals surface area contributed by atoms with Crippen LogP contribution in [0.3, 0.4) is 0 Å². The van der Waals surface area contributed by atoms with Gasteiger partial charge < -0.3 is 0 Å². The molecule has 12 heavy (non-hydrogen) atoms. The van der Waals surface area contributed by atoms with Gasteiger partial charge in [-0.15, -0.1) is 0 Å². The van der Waals surface area contributed by atoms with Gasteiger partial charge in [-0.3, -0.25) is 0 Å². The molecule has 0 radical (unpaired) electrons. The third kappa shape index (κ3) is 2.69. The fourth-order valence-corrected chi connectivity index (χ4v) is 1.39. The van der Waals surface area contributed by atoms with E-state index in [1.54, 1.807) is 0 Å². The summed E-state index contributed by atoms with van der Waals surface area (Å²) in [6.45, 7) is 6.71. The van der Waals surface area contributed by atoms with Gasteiger partial charge in [-0.05, 0) is 24.8 Å². The van der Waals surface area contributed by atoms with E-state index in [1.165, 1.54) is 24.0 Å². The van der Waals surface area contributed by atoms with Crippen molar-refractivity contribution in [3.8, 4) is 0 Å². The molecule has 66 valence electrons. The SMILES string of the molecule is CCC(C)Cc1cccc(C)c1. The predicted molar refractivity (Wildman–Crippen MR) is 54.3 cm³/mol. The quantitative estimate of drug-likeness (QED) is 0.637. The van der Waals surface area contributed by atoms with Crippen LogP contribution in [-0.2, 0) is 6.42 Å². The van der Waals surface area contributed by atoms with Crippen LogP contribution in [0.5, 0.6) is 0 Å². The standard InChI is InChI=1S/C12H18/c1-4-10(2)8-12-7-5-6-11(3)9-12/h5-7,9-10H,4,8H2,1-3H3. The van der Waals surface area contributed by atoms with E-state index < -0.39 is 0 Å². The van der Waals surface area contributed by atoms with Crippen LogP contribution >= 0.6 is 0 Å². The normalized spacial score (nSPS) is 12.9. The molecule has 0 aliphatic rings. The number of hydrogen-bond donors (Lipinski definition) is 0. The van der Waals surface area contributed by atoms with Gasteiger partial charge in [-0.1, -0.05) is 50.1 Å². The van der Waals surface area contributed by atoms with Gasteiger partial charge in [-0.2, -0.15) is 0 Å². The van der Waals surface area contributed by atoms with Crippen LogP contribution in [0.4, 0.5) is 0 Å². The summed E-state index contributed by atoms with van der Waals surface area (Å²) in [5.74, 6) is 0.812. The summed E-state index contributed by atoms with van der Waals surface area (Å²) < 4.78 is 0. The molecule has 1 rings (SSSR count). The fourth-order valence-electron chi connectivity index (χ4n) is 1.39. The van der Waals surface area contributed by atoms with Crippen LogP contribution < -0.4 is 0 Å². The summed E-state index contributed by atoms with van der Waals surface area (Å²) in [6.07, 6.45) is 2.49. The lowest BCUT2D eigenvalue weighted by Crippen LogP contribution is -1.97. The van der Waals surface area contributed by atoms with E-state index in [0.717, 1.165) is 5.92 Å². The summed E-state index contributed by atoms with van der Waals surface area (Å²) in [5.41, 5.74) is 2.85. The Kier molecular flexibility index (Phi) is 3.33. The monoisotopic (exact) mass is 162 g/mol. The first-order valence-electron chi connectivity index (χ1n) is 4.78. The number of rotatable bonds is 3. The Morgan fingerprint density at radius 2 is 2.08 bits per heavy atom. The summed E-state index contributed by atoms with van der Waals surface area (Å²) in [4.78, 5) is 0. The first kappa shape index (κ1) is 9.31. The molecule has 1 aromatic carbocycles. The van der Waals surface area contributed by atoms with Gasteiger partial charge in [0.2, 0.25) is 0 Å². The van der Waals surface area contributed by atoms with Crippen molar-refractivity contribution in [2.45, 2.75) is 33.6 Å². The highest BCUT2D eigenvalue weighted by atomic mass is 14.1. The van der Waals surface area contributed by atoms with Crippen molar-refractivity contribution in [1.29, 1.82) is 0 Å². The second-order valence-electron chi connectivity index (χ2n) is 3.71. The molecule has 1 unspecified atom stereocenters. The highest BCUT2D eigenvalue weighted by Gasteiger charge is 1.99. The van der Waals surface area contributed by atoms with Gasteiger partial charge in [0.15, 0.2) is 0 Å². The van der Waals surface area contributed by atoms with Gasteiger partial charge in [0.05, 0.1) is 0 Å². The van der Waals surface area contributed by atoms with Crippen LogP contribution in [0, 0.1) is 12.8 Å². The van der Waals surface area contributed by atoms with Crippen molar-refractivity contribution < 1.29 is 0 Å². The average Bonchev–Trinajstić information content (AvgIpc) is 2.04. The molecule has 0 aliphatic carbocycles. The summed E-state index contributed by atoms with van der Waals surface area (Å²) in [7, 11) is 0. The summed E-state index contributed by atoms with van der Waals surface area (Å²) in [5, 5.41) is 0. The van der Waals surface area contributed by atoms with E-state index in [9.17, 15) is 0 Å². The van der Waals surface area contributed by atoms with Crippen LogP contribution in [0.25, 0.3) is 0 Å². The maximum Gasteiger partial charge on any atom is -0.0253 e. The third-order valence-corrected chi connectivity index (χ3v) is 2.36. The Morgan fingerprint density at radius 1 is 1.33 bits per heavy atom. The second-order valence-corrected chi connectivity index (χ2v) is 3.71. The average molecular weight is 162 g/mol. The zero-order valence-corrected chi connectivity index (χ0v) is 8.30. The molecule has 1 aromatic rings. The lowest BCUT2D eigenvalue weighted by molar-refractivity contribution is 0.560. The molecule has 0 fully saturated rings. The molecule has 0 bridgehead atoms. The molecule has 0 spiro atoms. The van der Waals surface area contributed by atoms with Crippen LogP contribution in [0.1, 0.15) is 31.4 Å². The van der Waals surface area contributed by atoms with Crippen molar-refractivity contribution >= 4 is 0 Å². The van der Waals surface area contributed by atoms with E-state index in [0.29, 0.717) is 0 Å². The fraction of sp³-hybridized carbons (Fsp3) is 0.500. The number of aryl methyl sites for hydroxylation is 1. The minimum Gasteiger partial charge on any atom is -0.0651 e. The first-order valence-corrected chi connectivity index (χ1v) is 4.78. The minimum absolute atomic E-state index is 0.812. The Balaban J connectivity index is 2.63. The molecule has 0 aromatic heterocycles. The molecule has 0 nitrogen and oxygen atoms in total. The number of benzene rings is 1. The molecular weight excluding hydrogens is 144 g/mol. The zero-order valence-electron chi connectivity index (χ0n) is 8.30. The second kappa shape index (κ2) is 4.30. The van der Waals surface area contributed by atoms with E-state index in [-0.39, 0.29) is 0 Å². The Hall–Kier alpha value is -0.780. The molecule has 0 amide bonds. The maximum atomic E-state index is 2.31. The lowest BCUT2D eigenvalue weighted by Gasteiger charge is -2.08. The highest BCUT2D eigenvalue weighted by molar-refractivity contribution is 5.22. The number of hydrogen-bond acceptors (Lipinski definition) is 0. The van der Waals surface area contributed by atoms with Gasteiger partial charge >= 0.3 is 0 Å². The molecule has 1 atom stereocenters. The molecule has 0 saturated heterocycles. The smallest absolute Gasteiger partial charge is 0.0253 e. The van der Waals surface area contributed by atoms with E-state index in [1.807, 2.05) is 0 Å². The zero-order chi connectivity index (χ0) is 8.97. The van der Waals surface area contributed by atoms with Crippen molar-refractivity contribution in [3.63, 3.8) is 0 Å². The Bertz CT molecular complexity index is 238. The lowest BCUT2D eigenvalue weighted by atomic mass is 9.98. The topological polar surface area (TPSA) is 0 Å². The molecule has 0 heterocycles. The van der Waals surface area contributed by atoms with Crippen LogP contribution in [-0.4, -0.2) is 0 Å². The molecule has 0 aliphatic heterocycles. The van der Waals surface area contributed by atoms with E-state index in [2.05, 4.69) is 45.0 Å². The van der Waals surface area contributed by atoms with Crippen molar-refractivity contribution in [2.75, 3.05) is 0 Å². The summed E-state index contributed by atoms with van der Waals surface area (Å²) in [6, 6.07) is 8.80. The Labute approximate surface area is 75.6 Å². The van der Waals surface area contributed by atoms with Crippen molar-refractivity contribution in [3.05, 3.63) is 35.4 Å². The Morgan fingerprint density at radius 3 is 2.67 bits per heavy atom. The van der Waals surface area contributed by atoms with Crippen LogP contribution in [0.15, 0.2) is 24.3 Å².